The second-order valence-electron chi connectivity index (χ2n) is 4.71. The maximum atomic E-state index is 12.1. The summed E-state index contributed by atoms with van der Waals surface area (Å²) in [5, 5.41) is 8.88. The maximum absolute atomic E-state index is 12.1. The summed E-state index contributed by atoms with van der Waals surface area (Å²) in [5.74, 6) is -0.882. The van der Waals surface area contributed by atoms with E-state index in [1.807, 2.05) is 24.3 Å². The molecular weight excluding hydrogens is 312 g/mol. The highest BCUT2D eigenvalue weighted by Gasteiger charge is 2.31. The Morgan fingerprint density at radius 2 is 2.00 bits per heavy atom. The van der Waals surface area contributed by atoms with Crippen LogP contribution in [0.25, 0.3) is 0 Å². The summed E-state index contributed by atoms with van der Waals surface area (Å²) in [4.78, 5) is 26.1. The van der Waals surface area contributed by atoms with Crippen LogP contribution in [0, 0.1) is 5.92 Å². The largest absolute Gasteiger partial charge is 0.481 e. The van der Waals surface area contributed by atoms with Crippen LogP contribution in [0.15, 0.2) is 28.7 Å². The minimum atomic E-state index is -0.830. The number of carboxylic acid groups (broad SMARTS) is 1. The molecule has 1 unspecified atom stereocenters. The first-order valence-corrected chi connectivity index (χ1v) is 6.76. The molecule has 1 aromatic rings. The second kappa shape index (κ2) is 5.61. The Labute approximate surface area is 119 Å². The number of carbonyl (C=O) groups excluding carboxylic acids is 1. The van der Waals surface area contributed by atoms with Crippen LogP contribution >= 0.6 is 15.9 Å². The van der Waals surface area contributed by atoms with Gasteiger partial charge in [-0.3, -0.25) is 9.69 Å². The van der Waals surface area contributed by atoms with Crippen LogP contribution in [-0.2, 0) is 4.79 Å². The zero-order valence-electron chi connectivity index (χ0n) is 10.5. The molecule has 0 bridgehead atoms. The number of carboxylic acids is 1. The van der Waals surface area contributed by atoms with Crippen LogP contribution in [0.3, 0.4) is 0 Å². The van der Waals surface area contributed by atoms with Gasteiger partial charge in [0, 0.05) is 36.2 Å². The summed E-state index contributed by atoms with van der Waals surface area (Å²) >= 11 is 3.35. The van der Waals surface area contributed by atoms with Gasteiger partial charge in [0.2, 0.25) is 0 Å². The first kappa shape index (κ1) is 13.9. The van der Waals surface area contributed by atoms with Crippen molar-refractivity contribution in [3.8, 4) is 0 Å². The topological polar surface area (TPSA) is 60.9 Å². The lowest BCUT2D eigenvalue weighted by Crippen LogP contribution is -2.52. The molecule has 6 heteroatoms. The van der Waals surface area contributed by atoms with Gasteiger partial charge in [-0.15, -0.1) is 0 Å². The Morgan fingerprint density at radius 1 is 1.37 bits per heavy atom. The van der Waals surface area contributed by atoms with Crippen LogP contribution < -0.4 is 4.90 Å². The SMILES string of the molecule is CN1CC(CC(=O)O)CN(c2ccc(Br)cc2)C1=O. The summed E-state index contributed by atoms with van der Waals surface area (Å²) in [7, 11) is 1.70. The number of amides is 2. The standard InChI is InChI=1S/C13H15BrN2O3/c1-15-7-9(6-12(17)18)8-16(13(15)19)11-4-2-10(14)3-5-11/h2-5,9H,6-8H2,1H3,(H,17,18). The summed E-state index contributed by atoms with van der Waals surface area (Å²) in [6.45, 7) is 0.926. The fourth-order valence-corrected chi connectivity index (χ4v) is 2.54. The lowest BCUT2D eigenvalue weighted by molar-refractivity contribution is -0.138. The molecule has 102 valence electrons. The highest BCUT2D eigenvalue weighted by atomic mass is 79.9. The van der Waals surface area contributed by atoms with Crippen molar-refractivity contribution in [2.24, 2.45) is 5.92 Å². The molecule has 0 radical (unpaired) electrons. The van der Waals surface area contributed by atoms with Gasteiger partial charge in [-0.2, -0.15) is 0 Å². The summed E-state index contributed by atoms with van der Waals surface area (Å²) in [6.07, 6.45) is 0.0741. The van der Waals surface area contributed by atoms with Gasteiger partial charge >= 0.3 is 12.0 Å². The molecular formula is C13H15BrN2O3. The van der Waals surface area contributed by atoms with Crippen molar-refractivity contribution < 1.29 is 14.7 Å². The van der Waals surface area contributed by atoms with Gasteiger partial charge in [-0.1, -0.05) is 15.9 Å². The molecule has 1 aliphatic heterocycles. The van der Waals surface area contributed by atoms with Gasteiger partial charge in [0.15, 0.2) is 0 Å². The average molecular weight is 327 g/mol. The van der Waals surface area contributed by atoms with Crippen LogP contribution in [-0.4, -0.2) is 42.1 Å². The maximum Gasteiger partial charge on any atom is 0.324 e. The fourth-order valence-electron chi connectivity index (χ4n) is 2.28. The molecule has 1 heterocycles. The number of hydrogen-bond donors (Lipinski definition) is 1. The van der Waals surface area contributed by atoms with Crippen LogP contribution in [0.5, 0.6) is 0 Å². The van der Waals surface area contributed by atoms with E-state index in [2.05, 4.69) is 15.9 Å². The van der Waals surface area contributed by atoms with E-state index in [-0.39, 0.29) is 18.4 Å². The number of urea groups is 1. The molecule has 5 nitrogen and oxygen atoms in total. The van der Waals surface area contributed by atoms with E-state index in [1.54, 1.807) is 16.8 Å². The van der Waals surface area contributed by atoms with E-state index in [9.17, 15) is 9.59 Å². The Morgan fingerprint density at radius 3 is 2.58 bits per heavy atom. The van der Waals surface area contributed by atoms with Crippen molar-refractivity contribution >= 4 is 33.6 Å². The summed E-state index contributed by atoms with van der Waals surface area (Å²) in [6, 6.07) is 7.33. The lowest BCUT2D eigenvalue weighted by Gasteiger charge is -2.37. The molecule has 1 aromatic carbocycles. The Hall–Kier alpha value is -1.56. The Balaban J connectivity index is 2.19. The molecule has 1 atom stereocenters. The van der Waals surface area contributed by atoms with Crippen LogP contribution in [0.4, 0.5) is 10.5 Å². The number of halogens is 1. The second-order valence-corrected chi connectivity index (χ2v) is 5.63. The summed E-state index contributed by atoms with van der Waals surface area (Å²) in [5.41, 5.74) is 0.787. The minimum absolute atomic E-state index is 0.0520. The molecule has 1 N–H and O–H groups in total. The molecule has 1 saturated heterocycles. The normalized spacial score (nSPS) is 19.7. The van der Waals surface area contributed by atoms with E-state index in [0.29, 0.717) is 13.1 Å². The molecule has 2 rings (SSSR count). The highest BCUT2D eigenvalue weighted by Crippen LogP contribution is 2.24. The van der Waals surface area contributed by atoms with Gasteiger partial charge in [0.1, 0.15) is 0 Å². The molecule has 1 aliphatic rings. The van der Waals surface area contributed by atoms with E-state index in [1.165, 1.54) is 0 Å². The smallest absolute Gasteiger partial charge is 0.324 e. The monoisotopic (exact) mass is 326 g/mol. The number of benzene rings is 1. The number of rotatable bonds is 3. The molecule has 0 aromatic heterocycles. The fraction of sp³-hybridized carbons (Fsp3) is 0.385. The van der Waals surface area contributed by atoms with Gasteiger partial charge in [-0.05, 0) is 24.3 Å². The molecule has 0 spiro atoms. The van der Waals surface area contributed by atoms with Crippen molar-refractivity contribution in [1.29, 1.82) is 0 Å². The number of anilines is 1. The molecule has 1 fully saturated rings. The van der Waals surface area contributed by atoms with Crippen molar-refractivity contribution in [3.63, 3.8) is 0 Å². The van der Waals surface area contributed by atoms with Crippen LogP contribution in [0.1, 0.15) is 6.42 Å². The minimum Gasteiger partial charge on any atom is -0.481 e. The van der Waals surface area contributed by atoms with Crippen molar-refractivity contribution in [3.05, 3.63) is 28.7 Å². The molecule has 0 aliphatic carbocycles. The average Bonchev–Trinajstić information content (AvgIpc) is 2.34. The highest BCUT2D eigenvalue weighted by molar-refractivity contribution is 9.10. The van der Waals surface area contributed by atoms with Crippen molar-refractivity contribution in [2.75, 3.05) is 25.0 Å². The zero-order valence-corrected chi connectivity index (χ0v) is 12.1. The van der Waals surface area contributed by atoms with Gasteiger partial charge < -0.3 is 10.0 Å². The predicted octanol–water partition coefficient (Wildman–Crippen LogP) is 2.41. The predicted molar refractivity (Wildman–Crippen MR) is 75.3 cm³/mol. The van der Waals surface area contributed by atoms with Gasteiger partial charge in [0.25, 0.3) is 0 Å². The zero-order chi connectivity index (χ0) is 14.0. The number of aliphatic carboxylic acids is 1. The van der Waals surface area contributed by atoms with E-state index < -0.39 is 5.97 Å². The van der Waals surface area contributed by atoms with Crippen molar-refractivity contribution in [1.82, 2.24) is 4.90 Å². The third-order valence-corrected chi connectivity index (χ3v) is 3.66. The van der Waals surface area contributed by atoms with E-state index in [4.69, 9.17) is 5.11 Å². The van der Waals surface area contributed by atoms with Gasteiger partial charge in [0.05, 0.1) is 6.42 Å². The Bertz CT molecular complexity index is 489. The van der Waals surface area contributed by atoms with E-state index >= 15 is 0 Å². The van der Waals surface area contributed by atoms with Gasteiger partial charge in [-0.25, -0.2) is 4.79 Å². The lowest BCUT2D eigenvalue weighted by atomic mass is 10.0. The molecule has 0 saturated carbocycles. The number of hydrogen-bond acceptors (Lipinski definition) is 2. The quantitative estimate of drug-likeness (QED) is 0.927. The summed E-state index contributed by atoms with van der Waals surface area (Å²) < 4.78 is 0.941. The van der Waals surface area contributed by atoms with E-state index in [0.717, 1.165) is 10.2 Å². The third-order valence-electron chi connectivity index (χ3n) is 3.13. The third kappa shape index (κ3) is 3.26. The number of carbonyl (C=O) groups is 2. The van der Waals surface area contributed by atoms with Crippen LogP contribution in [0.2, 0.25) is 0 Å². The Kier molecular flexibility index (Phi) is 4.09. The number of nitrogens with zero attached hydrogens (tertiary/aromatic N) is 2. The molecule has 2 amide bonds. The van der Waals surface area contributed by atoms with Crippen molar-refractivity contribution in [2.45, 2.75) is 6.42 Å². The first-order chi connectivity index (χ1) is 8.97. The molecule has 19 heavy (non-hydrogen) atoms. The first-order valence-electron chi connectivity index (χ1n) is 5.97.